The van der Waals surface area contributed by atoms with Gasteiger partial charge in [0.2, 0.25) is 0 Å². The molecule has 0 aliphatic carbocycles. The van der Waals surface area contributed by atoms with Crippen molar-refractivity contribution in [3.8, 4) is 5.75 Å². The molecule has 1 aliphatic heterocycles. The Morgan fingerprint density at radius 3 is 2.39 bits per heavy atom. The van der Waals surface area contributed by atoms with Crippen LogP contribution in [0.2, 0.25) is 0 Å². The third-order valence-corrected chi connectivity index (χ3v) is 7.91. The van der Waals surface area contributed by atoms with Crippen LogP contribution in [0.1, 0.15) is 54.5 Å². The number of unbranched alkanes of at least 4 members (excludes halogenated alkanes) is 1. The van der Waals surface area contributed by atoms with Crippen molar-refractivity contribution >= 4 is 27.5 Å². The summed E-state index contributed by atoms with van der Waals surface area (Å²) in [6.07, 6.45) is 2.37. The molecule has 0 saturated carbocycles. The van der Waals surface area contributed by atoms with Gasteiger partial charge in [0.1, 0.15) is 5.75 Å². The van der Waals surface area contributed by atoms with Gasteiger partial charge in [0.15, 0.2) is 0 Å². The van der Waals surface area contributed by atoms with Crippen molar-refractivity contribution in [2.24, 2.45) is 5.10 Å². The van der Waals surface area contributed by atoms with E-state index < -0.39 is 16.1 Å². The van der Waals surface area contributed by atoms with Crippen LogP contribution in [0.4, 0.5) is 10.5 Å². The Hall–Kier alpha value is -3.85. The molecule has 1 heterocycles. The molecule has 2 amide bonds. The van der Waals surface area contributed by atoms with Gasteiger partial charge in [0.25, 0.3) is 10.0 Å². The summed E-state index contributed by atoms with van der Waals surface area (Å²) in [7, 11) is -2.37. The number of anilines is 1. The summed E-state index contributed by atoms with van der Waals surface area (Å²) in [6, 6.07) is 19.8. The summed E-state index contributed by atoms with van der Waals surface area (Å²) in [6.45, 7) is 6.56. The molecule has 0 radical (unpaired) electrons. The zero-order valence-electron chi connectivity index (χ0n) is 22.2. The van der Waals surface area contributed by atoms with E-state index in [0.29, 0.717) is 13.0 Å². The number of carbonyl (C=O) groups is 1. The number of rotatable bonds is 9. The van der Waals surface area contributed by atoms with E-state index in [1.807, 2.05) is 36.2 Å². The van der Waals surface area contributed by atoms with Crippen LogP contribution < -0.4 is 19.8 Å². The normalized spacial score (nSPS) is 15.2. The highest BCUT2D eigenvalue weighted by atomic mass is 32.2. The minimum atomic E-state index is -4.00. The van der Waals surface area contributed by atoms with E-state index in [2.05, 4.69) is 42.1 Å². The minimum absolute atomic E-state index is 0.00525. The highest BCUT2D eigenvalue weighted by Crippen LogP contribution is 2.38. The highest BCUT2D eigenvalue weighted by Gasteiger charge is 2.31. The molecule has 1 unspecified atom stereocenters. The predicted octanol–water partition coefficient (Wildman–Crippen LogP) is 5.46. The maximum Gasteiger partial charge on any atom is 0.328 e. The first kappa shape index (κ1) is 27.2. The third-order valence-electron chi connectivity index (χ3n) is 6.56. The van der Waals surface area contributed by atoms with Crippen molar-refractivity contribution in [3.05, 3.63) is 89.0 Å². The molecule has 0 aromatic heterocycles. The van der Waals surface area contributed by atoms with Crippen LogP contribution in [0.5, 0.6) is 5.75 Å². The Kier molecular flexibility index (Phi) is 8.36. The van der Waals surface area contributed by atoms with E-state index in [-0.39, 0.29) is 10.9 Å². The lowest BCUT2D eigenvalue weighted by Gasteiger charge is -2.24. The summed E-state index contributed by atoms with van der Waals surface area (Å²) in [5.74, 6) is 0.773. The topological polar surface area (TPSA) is 100 Å². The number of methoxy groups -OCH3 is 1. The largest absolute Gasteiger partial charge is 0.497 e. The molecular formula is C29H34N4O4S. The second-order valence-electron chi connectivity index (χ2n) is 9.41. The summed E-state index contributed by atoms with van der Waals surface area (Å²) in [4.78, 5) is 12.0. The van der Waals surface area contributed by atoms with Gasteiger partial charge >= 0.3 is 6.03 Å². The average molecular weight is 535 g/mol. The van der Waals surface area contributed by atoms with Gasteiger partial charge in [-0.1, -0.05) is 49.2 Å². The number of amides is 2. The number of hydrazone groups is 1. The first-order valence-electron chi connectivity index (χ1n) is 12.7. The van der Waals surface area contributed by atoms with Crippen molar-refractivity contribution < 1.29 is 17.9 Å². The molecular weight excluding hydrogens is 500 g/mol. The van der Waals surface area contributed by atoms with Gasteiger partial charge in [-0.3, -0.25) is 5.01 Å². The van der Waals surface area contributed by atoms with Gasteiger partial charge in [-0.15, -0.1) is 0 Å². The fraction of sp³-hybridized carbons (Fsp3) is 0.310. The molecule has 0 bridgehead atoms. The lowest BCUT2D eigenvalue weighted by molar-refractivity contribution is 0.245. The fourth-order valence-electron chi connectivity index (χ4n) is 4.51. The molecule has 0 spiro atoms. The van der Waals surface area contributed by atoms with E-state index in [1.165, 1.54) is 17.7 Å². The maximum atomic E-state index is 12.7. The number of benzene rings is 3. The smallest absolute Gasteiger partial charge is 0.328 e. The number of hydrogen-bond donors (Lipinski definition) is 2. The van der Waals surface area contributed by atoms with Gasteiger partial charge in [0, 0.05) is 18.5 Å². The van der Waals surface area contributed by atoms with Gasteiger partial charge in [0.05, 0.1) is 29.4 Å². The zero-order chi connectivity index (χ0) is 27.3. The summed E-state index contributed by atoms with van der Waals surface area (Å²) < 4.78 is 32.9. The van der Waals surface area contributed by atoms with Crippen LogP contribution in [-0.4, -0.2) is 33.8 Å². The summed E-state index contributed by atoms with van der Waals surface area (Å²) in [5, 5.41) is 9.48. The second-order valence-corrected chi connectivity index (χ2v) is 11.1. The molecule has 200 valence electrons. The highest BCUT2D eigenvalue weighted by molar-refractivity contribution is 7.90. The predicted molar refractivity (Wildman–Crippen MR) is 150 cm³/mol. The molecule has 2 N–H and O–H groups in total. The Labute approximate surface area is 224 Å². The molecule has 3 aromatic rings. The fourth-order valence-corrected chi connectivity index (χ4v) is 5.44. The molecule has 38 heavy (non-hydrogen) atoms. The standard InChI is InChI=1S/C29H34N4O4S/c1-5-6-17-30-29(34)32-38(35,36)25-14-10-23(11-15-25)33-28(22-8-12-24(37-4)13-9-22)19-27(31-33)26-16-7-20(2)18-21(26)3/h7-16,18,28H,5-6,17,19H2,1-4H3,(H2,30,32,34). The van der Waals surface area contributed by atoms with E-state index >= 15 is 0 Å². The quantitative estimate of drug-likeness (QED) is 0.355. The van der Waals surface area contributed by atoms with Crippen LogP contribution >= 0.6 is 0 Å². The first-order chi connectivity index (χ1) is 18.2. The van der Waals surface area contributed by atoms with Crippen LogP contribution in [0, 0.1) is 13.8 Å². The van der Waals surface area contributed by atoms with Crippen LogP contribution in [0.3, 0.4) is 0 Å². The molecule has 0 fully saturated rings. The van der Waals surface area contributed by atoms with Crippen molar-refractivity contribution in [1.82, 2.24) is 10.0 Å². The number of hydrogen-bond acceptors (Lipinski definition) is 6. The Balaban J connectivity index is 1.63. The lowest BCUT2D eigenvalue weighted by Crippen LogP contribution is -2.39. The van der Waals surface area contributed by atoms with Crippen molar-refractivity contribution in [2.75, 3.05) is 18.7 Å². The van der Waals surface area contributed by atoms with E-state index in [4.69, 9.17) is 9.84 Å². The molecule has 4 rings (SSSR count). The monoisotopic (exact) mass is 534 g/mol. The number of nitrogens with one attached hydrogen (secondary N) is 2. The second kappa shape index (κ2) is 11.7. The molecule has 1 aliphatic rings. The number of nitrogens with zero attached hydrogens (tertiary/aromatic N) is 2. The number of urea groups is 1. The summed E-state index contributed by atoms with van der Waals surface area (Å²) >= 11 is 0. The molecule has 0 saturated heterocycles. The molecule has 8 nitrogen and oxygen atoms in total. The van der Waals surface area contributed by atoms with Gasteiger partial charge in [-0.25, -0.2) is 17.9 Å². The Bertz CT molecular complexity index is 1420. The van der Waals surface area contributed by atoms with E-state index in [1.54, 1.807) is 19.2 Å². The third kappa shape index (κ3) is 6.16. The molecule has 9 heteroatoms. The van der Waals surface area contributed by atoms with Crippen molar-refractivity contribution in [3.63, 3.8) is 0 Å². The molecule has 1 atom stereocenters. The zero-order valence-corrected chi connectivity index (χ0v) is 23.0. The van der Waals surface area contributed by atoms with Gasteiger partial charge in [-0.05, 0) is 67.8 Å². The first-order valence-corrected chi connectivity index (χ1v) is 14.2. The average Bonchev–Trinajstić information content (AvgIpc) is 3.34. The SMILES string of the molecule is CCCCNC(=O)NS(=O)(=O)c1ccc(N2N=C(c3ccc(C)cc3C)CC2c2ccc(OC)cc2)cc1. The maximum absolute atomic E-state index is 12.7. The Morgan fingerprint density at radius 1 is 1.05 bits per heavy atom. The molecule has 3 aromatic carbocycles. The van der Waals surface area contributed by atoms with Gasteiger partial charge in [-0.2, -0.15) is 5.10 Å². The summed E-state index contributed by atoms with van der Waals surface area (Å²) in [5.41, 5.74) is 6.22. The van der Waals surface area contributed by atoms with Gasteiger partial charge < -0.3 is 10.1 Å². The van der Waals surface area contributed by atoms with E-state index in [0.717, 1.165) is 46.7 Å². The van der Waals surface area contributed by atoms with Crippen molar-refractivity contribution in [1.29, 1.82) is 0 Å². The van der Waals surface area contributed by atoms with Crippen LogP contribution in [0.25, 0.3) is 0 Å². The number of ether oxygens (including phenoxy) is 1. The lowest BCUT2D eigenvalue weighted by atomic mass is 9.95. The minimum Gasteiger partial charge on any atom is -0.497 e. The number of aryl methyl sites for hydroxylation is 2. The number of sulfonamides is 1. The van der Waals surface area contributed by atoms with Crippen LogP contribution in [-0.2, 0) is 10.0 Å². The van der Waals surface area contributed by atoms with Crippen molar-refractivity contribution in [2.45, 2.75) is 51.0 Å². The van der Waals surface area contributed by atoms with Crippen LogP contribution in [0.15, 0.2) is 76.7 Å². The van der Waals surface area contributed by atoms with E-state index in [9.17, 15) is 13.2 Å². The Morgan fingerprint density at radius 2 is 1.76 bits per heavy atom. The number of carbonyl (C=O) groups excluding carboxylic acids is 1.